The highest BCUT2D eigenvalue weighted by atomic mass is 16.3. The molecule has 2 heterocycles. The summed E-state index contributed by atoms with van der Waals surface area (Å²) in [5, 5.41) is 0. The van der Waals surface area contributed by atoms with E-state index in [0.29, 0.717) is 0 Å². The van der Waals surface area contributed by atoms with Gasteiger partial charge in [-0.1, -0.05) is 0 Å². The Morgan fingerprint density at radius 1 is 1.57 bits per heavy atom. The number of nitrogens with two attached hydrogens (primary N) is 1. The minimum Gasteiger partial charge on any atom is -0.461 e. The summed E-state index contributed by atoms with van der Waals surface area (Å²) in [7, 11) is 1.93. The van der Waals surface area contributed by atoms with E-state index in [0.717, 1.165) is 17.3 Å². The van der Waals surface area contributed by atoms with Crippen LogP contribution in [-0.4, -0.2) is 9.55 Å². The highest BCUT2D eigenvalue weighted by Crippen LogP contribution is 2.20. The molecule has 2 N–H and O–H groups in total. The lowest BCUT2D eigenvalue weighted by atomic mass is 10.3. The largest absolute Gasteiger partial charge is 0.461 e. The number of hydrogen-bond acceptors (Lipinski definition) is 3. The first-order valence-electron chi connectivity index (χ1n) is 4.51. The second-order valence-electron chi connectivity index (χ2n) is 3.33. The molecule has 0 saturated heterocycles. The Morgan fingerprint density at radius 3 is 2.86 bits per heavy atom. The van der Waals surface area contributed by atoms with E-state index in [9.17, 15) is 0 Å². The third-order valence-electron chi connectivity index (χ3n) is 2.23. The molecule has 2 rings (SSSR count). The van der Waals surface area contributed by atoms with Gasteiger partial charge >= 0.3 is 0 Å². The Labute approximate surface area is 82.4 Å². The summed E-state index contributed by atoms with van der Waals surface area (Å²) in [5.74, 6) is 1.57. The van der Waals surface area contributed by atoms with Gasteiger partial charge in [-0.3, -0.25) is 0 Å². The van der Waals surface area contributed by atoms with Gasteiger partial charge < -0.3 is 14.7 Å². The van der Waals surface area contributed by atoms with Gasteiger partial charge in [-0.15, -0.1) is 0 Å². The average molecular weight is 191 g/mol. The van der Waals surface area contributed by atoms with Gasteiger partial charge in [0.1, 0.15) is 0 Å². The zero-order chi connectivity index (χ0) is 10.1. The molecule has 14 heavy (non-hydrogen) atoms. The van der Waals surface area contributed by atoms with Crippen molar-refractivity contribution in [3.63, 3.8) is 0 Å². The predicted octanol–water partition coefficient (Wildman–Crippen LogP) is 1.70. The van der Waals surface area contributed by atoms with E-state index in [1.165, 1.54) is 0 Å². The van der Waals surface area contributed by atoms with Crippen LogP contribution in [0.4, 0.5) is 0 Å². The monoisotopic (exact) mass is 191 g/mol. The van der Waals surface area contributed by atoms with Crippen LogP contribution < -0.4 is 5.73 Å². The van der Waals surface area contributed by atoms with Crippen molar-refractivity contribution in [1.82, 2.24) is 9.55 Å². The molecule has 2 aromatic heterocycles. The molecule has 4 heteroatoms. The molecule has 0 radical (unpaired) electrons. The van der Waals surface area contributed by atoms with E-state index < -0.39 is 0 Å². The van der Waals surface area contributed by atoms with Gasteiger partial charge in [0.05, 0.1) is 18.2 Å². The molecule has 0 amide bonds. The van der Waals surface area contributed by atoms with Crippen molar-refractivity contribution in [2.45, 2.75) is 13.0 Å². The number of nitrogens with zero attached hydrogens (tertiary/aromatic N) is 2. The summed E-state index contributed by atoms with van der Waals surface area (Å²) in [4.78, 5) is 4.27. The molecule has 1 unspecified atom stereocenters. The Balaban J connectivity index is 2.47. The lowest BCUT2D eigenvalue weighted by Gasteiger charge is -2.06. The maximum atomic E-state index is 5.79. The summed E-state index contributed by atoms with van der Waals surface area (Å²) in [6, 6.07) is 3.71. The van der Waals surface area contributed by atoms with E-state index in [-0.39, 0.29) is 6.04 Å². The fourth-order valence-corrected chi connectivity index (χ4v) is 1.48. The third-order valence-corrected chi connectivity index (χ3v) is 2.23. The first-order chi connectivity index (χ1) is 6.70. The van der Waals surface area contributed by atoms with Gasteiger partial charge in [0.2, 0.25) is 0 Å². The maximum absolute atomic E-state index is 5.79. The van der Waals surface area contributed by atoms with E-state index in [1.807, 2.05) is 30.7 Å². The molecule has 0 bridgehead atoms. The van der Waals surface area contributed by atoms with Crippen molar-refractivity contribution >= 4 is 0 Å². The van der Waals surface area contributed by atoms with Crippen LogP contribution in [0.5, 0.6) is 0 Å². The van der Waals surface area contributed by atoms with Crippen molar-refractivity contribution in [2.24, 2.45) is 12.8 Å². The summed E-state index contributed by atoms with van der Waals surface area (Å²) < 4.78 is 7.22. The van der Waals surface area contributed by atoms with Gasteiger partial charge in [0.15, 0.2) is 11.6 Å². The molecule has 0 aliphatic rings. The Kier molecular flexibility index (Phi) is 2.13. The summed E-state index contributed by atoms with van der Waals surface area (Å²) in [6.07, 6.45) is 3.41. The van der Waals surface area contributed by atoms with Gasteiger partial charge in [0.25, 0.3) is 0 Å². The van der Waals surface area contributed by atoms with Crippen LogP contribution in [0.3, 0.4) is 0 Å². The first kappa shape index (κ1) is 9.02. The van der Waals surface area contributed by atoms with Crippen LogP contribution in [0.1, 0.15) is 18.7 Å². The fraction of sp³-hybridized carbons (Fsp3) is 0.300. The molecule has 0 aliphatic heterocycles. The van der Waals surface area contributed by atoms with Crippen molar-refractivity contribution in [1.29, 1.82) is 0 Å². The molecule has 74 valence electrons. The topological polar surface area (TPSA) is 57.0 Å². The minimum absolute atomic E-state index is 0.0174. The van der Waals surface area contributed by atoms with Crippen molar-refractivity contribution in [2.75, 3.05) is 0 Å². The lowest BCUT2D eigenvalue weighted by molar-refractivity contribution is 0.572. The van der Waals surface area contributed by atoms with E-state index in [4.69, 9.17) is 10.2 Å². The average Bonchev–Trinajstić information content (AvgIpc) is 2.71. The van der Waals surface area contributed by atoms with E-state index >= 15 is 0 Å². The fourth-order valence-electron chi connectivity index (χ4n) is 1.48. The number of furan rings is 1. The highest BCUT2D eigenvalue weighted by molar-refractivity contribution is 5.48. The summed E-state index contributed by atoms with van der Waals surface area (Å²) in [5.41, 5.74) is 6.79. The molecule has 4 nitrogen and oxygen atoms in total. The Hall–Kier alpha value is -1.55. The number of hydrogen-bond donors (Lipinski definition) is 1. The molecule has 1 atom stereocenters. The van der Waals surface area contributed by atoms with Crippen LogP contribution >= 0.6 is 0 Å². The normalized spacial score (nSPS) is 13.1. The molecule has 0 aromatic carbocycles. The zero-order valence-corrected chi connectivity index (χ0v) is 8.27. The van der Waals surface area contributed by atoms with Crippen molar-refractivity contribution < 1.29 is 4.42 Å². The van der Waals surface area contributed by atoms with Gasteiger partial charge in [-0.2, -0.15) is 0 Å². The molecule has 2 aromatic rings. The van der Waals surface area contributed by atoms with Crippen molar-refractivity contribution in [3.05, 3.63) is 30.3 Å². The predicted molar refractivity (Wildman–Crippen MR) is 53.5 cm³/mol. The number of rotatable bonds is 2. The first-order valence-corrected chi connectivity index (χ1v) is 4.51. The van der Waals surface area contributed by atoms with Crippen LogP contribution in [0, 0.1) is 0 Å². The second kappa shape index (κ2) is 3.31. The lowest BCUT2D eigenvalue weighted by Crippen LogP contribution is -2.10. The SMILES string of the molecule is CC(N)c1cnc(-c2ccco2)n1C. The summed E-state index contributed by atoms with van der Waals surface area (Å²) >= 11 is 0. The Morgan fingerprint density at radius 2 is 2.36 bits per heavy atom. The summed E-state index contributed by atoms with van der Waals surface area (Å²) in [6.45, 7) is 1.93. The quantitative estimate of drug-likeness (QED) is 0.786. The standard InChI is InChI=1S/C10H13N3O/c1-7(11)8-6-12-10(13(8)2)9-4-3-5-14-9/h3-7H,11H2,1-2H3. The molecular weight excluding hydrogens is 178 g/mol. The number of imidazole rings is 1. The van der Waals surface area contributed by atoms with Crippen LogP contribution in [0.25, 0.3) is 11.6 Å². The van der Waals surface area contributed by atoms with Crippen molar-refractivity contribution in [3.8, 4) is 11.6 Å². The Bertz CT molecular complexity index is 415. The molecule has 0 spiro atoms. The second-order valence-corrected chi connectivity index (χ2v) is 3.33. The smallest absolute Gasteiger partial charge is 0.176 e. The molecule has 0 saturated carbocycles. The van der Waals surface area contributed by atoms with Crippen LogP contribution in [-0.2, 0) is 7.05 Å². The van der Waals surface area contributed by atoms with E-state index in [2.05, 4.69) is 4.98 Å². The van der Waals surface area contributed by atoms with Gasteiger partial charge in [-0.05, 0) is 19.1 Å². The van der Waals surface area contributed by atoms with Crippen LogP contribution in [0.15, 0.2) is 29.0 Å². The molecule has 0 fully saturated rings. The maximum Gasteiger partial charge on any atom is 0.176 e. The zero-order valence-electron chi connectivity index (χ0n) is 8.27. The molecule has 0 aliphatic carbocycles. The third kappa shape index (κ3) is 1.33. The van der Waals surface area contributed by atoms with Gasteiger partial charge in [0, 0.05) is 13.1 Å². The number of aromatic nitrogens is 2. The minimum atomic E-state index is -0.0174. The van der Waals surface area contributed by atoms with Crippen LogP contribution in [0.2, 0.25) is 0 Å². The van der Waals surface area contributed by atoms with Gasteiger partial charge in [-0.25, -0.2) is 4.98 Å². The highest BCUT2D eigenvalue weighted by Gasteiger charge is 2.12. The van der Waals surface area contributed by atoms with E-state index in [1.54, 1.807) is 12.5 Å². The molecular formula is C10H13N3O.